The van der Waals surface area contributed by atoms with Gasteiger partial charge in [-0.25, -0.2) is 0 Å². The van der Waals surface area contributed by atoms with Crippen molar-refractivity contribution in [2.75, 3.05) is 6.54 Å². The van der Waals surface area contributed by atoms with Crippen LogP contribution in [0, 0.1) is 11.8 Å². The molecule has 3 aromatic rings. The lowest BCUT2D eigenvalue weighted by molar-refractivity contribution is -0.137. The maximum Gasteiger partial charge on any atom is 0.417 e. The Morgan fingerprint density at radius 1 is 1.07 bits per heavy atom. The van der Waals surface area contributed by atoms with Crippen LogP contribution >= 0.6 is 0 Å². The number of carbonyl (C=O) groups is 1. The smallest absolute Gasteiger partial charge is 0.340 e. The summed E-state index contributed by atoms with van der Waals surface area (Å²) in [7, 11) is 0. The van der Waals surface area contributed by atoms with Gasteiger partial charge in [-0.1, -0.05) is 54.3 Å². The summed E-state index contributed by atoms with van der Waals surface area (Å²) in [5, 5.41) is 9.23. The molecule has 7 heteroatoms. The Morgan fingerprint density at radius 3 is 2.52 bits per heavy atom. The molecule has 0 atom stereocenters. The largest absolute Gasteiger partial charge is 0.417 e. The highest BCUT2D eigenvalue weighted by Crippen LogP contribution is 2.31. The molecule has 0 radical (unpaired) electrons. The molecule has 2 aromatic carbocycles. The van der Waals surface area contributed by atoms with Gasteiger partial charge in [-0.2, -0.15) is 18.3 Å². The molecule has 0 saturated heterocycles. The minimum atomic E-state index is -4.47. The zero-order valence-corrected chi connectivity index (χ0v) is 14.0. The molecular formula is C20H14F3N3O. The molecule has 0 unspecified atom stereocenters. The van der Waals surface area contributed by atoms with E-state index in [0.29, 0.717) is 5.69 Å². The molecule has 1 heterocycles. The maximum atomic E-state index is 12.9. The molecule has 0 aliphatic heterocycles. The van der Waals surface area contributed by atoms with Crippen LogP contribution in [0.2, 0.25) is 0 Å². The second-order valence-electron chi connectivity index (χ2n) is 5.56. The Hall–Kier alpha value is -3.53. The number of H-pyrrole nitrogens is 1. The van der Waals surface area contributed by atoms with Gasteiger partial charge in [0.2, 0.25) is 0 Å². The van der Waals surface area contributed by atoms with Crippen molar-refractivity contribution >= 4 is 5.91 Å². The number of nitrogens with one attached hydrogen (secondary N) is 2. The van der Waals surface area contributed by atoms with Crippen LogP contribution in [0.1, 0.15) is 21.6 Å². The van der Waals surface area contributed by atoms with Gasteiger partial charge in [0, 0.05) is 11.1 Å². The Bertz CT molecular complexity index is 998. The number of carbonyl (C=O) groups excluding carboxylic acids is 1. The van der Waals surface area contributed by atoms with Crippen molar-refractivity contribution < 1.29 is 18.0 Å². The minimum Gasteiger partial charge on any atom is -0.340 e. The fourth-order valence-electron chi connectivity index (χ4n) is 2.39. The van der Waals surface area contributed by atoms with Gasteiger partial charge in [0.15, 0.2) is 0 Å². The summed E-state index contributed by atoms with van der Waals surface area (Å²) in [5.74, 6) is 4.54. The summed E-state index contributed by atoms with van der Waals surface area (Å²) >= 11 is 0. The number of halogens is 3. The van der Waals surface area contributed by atoms with E-state index in [-0.39, 0.29) is 17.8 Å². The van der Waals surface area contributed by atoms with E-state index >= 15 is 0 Å². The van der Waals surface area contributed by atoms with Crippen LogP contribution in [0.5, 0.6) is 0 Å². The molecule has 0 aliphatic rings. The summed E-state index contributed by atoms with van der Waals surface area (Å²) in [6.07, 6.45) is -4.47. The third kappa shape index (κ3) is 4.55. The van der Waals surface area contributed by atoms with Crippen LogP contribution in [0.25, 0.3) is 11.3 Å². The van der Waals surface area contributed by atoms with Crippen molar-refractivity contribution in [1.29, 1.82) is 0 Å². The molecule has 27 heavy (non-hydrogen) atoms. The van der Waals surface area contributed by atoms with Crippen LogP contribution in [0.4, 0.5) is 13.2 Å². The summed E-state index contributed by atoms with van der Waals surface area (Å²) in [6.45, 7) is -0.0925. The molecular weight excluding hydrogens is 355 g/mol. The van der Waals surface area contributed by atoms with Crippen LogP contribution in [-0.4, -0.2) is 22.6 Å². The average molecular weight is 369 g/mol. The number of benzene rings is 2. The van der Waals surface area contributed by atoms with Gasteiger partial charge >= 0.3 is 6.18 Å². The summed E-state index contributed by atoms with van der Waals surface area (Å²) in [4.78, 5) is 12.1. The van der Waals surface area contributed by atoms with E-state index in [1.54, 1.807) is 6.07 Å². The lowest BCUT2D eigenvalue weighted by atomic mass is 10.1. The van der Waals surface area contributed by atoms with Gasteiger partial charge in [0.25, 0.3) is 5.91 Å². The molecule has 136 valence electrons. The summed E-state index contributed by atoms with van der Waals surface area (Å²) in [6, 6.07) is 16.0. The molecule has 1 amide bonds. The predicted molar refractivity (Wildman–Crippen MR) is 94.7 cm³/mol. The number of amides is 1. The highest BCUT2D eigenvalue weighted by molar-refractivity contribution is 5.93. The van der Waals surface area contributed by atoms with E-state index in [2.05, 4.69) is 27.4 Å². The summed E-state index contributed by atoms with van der Waals surface area (Å²) < 4.78 is 38.7. The van der Waals surface area contributed by atoms with Crippen LogP contribution in [-0.2, 0) is 6.18 Å². The zero-order valence-electron chi connectivity index (χ0n) is 14.0. The highest BCUT2D eigenvalue weighted by Gasteiger charge is 2.32. The van der Waals surface area contributed by atoms with Crippen LogP contribution in [0.15, 0.2) is 60.7 Å². The summed E-state index contributed by atoms with van der Waals surface area (Å²) in [5.41, 5.74) is 0.783. The monoisotopic (exact) mass is 369 g/mol. The lowest BCUT2D eigenvalue weighted by Crippen LogP contribution is -2.23. The number of aromatic amines is 1. The van der Waals surface area contributed by atoms with Gasteiger partial charge in [-0.05, 0) is 18.2 Å². The van der Waals surface area contributed by atoms with Crippen LogP contribution in [0.3, 0.4) is 0 Å². The number of nitrogens with zero attached hydrogens (tertiary/aromatic N) is 1. The van der Waals surface area contributed by atoms with Crippen molar-refractivity contribution in [2.45, 2.75) is 6.18 Å². The quantitative estimate of drug-likeness (QED) is 0.689. The number of hydrogen-bond donors (Lipinski definition) is 2. The molecule has 1 aromatic heterocycles. The number of aromatic nitrogens is 2. The fourth-order valence-corrected chi connectivity index (χ4v) is 2.39. The van der Waals surface area contributed by atoms with E-state index < -0.39 is 17.6 Å². The Morgan fingerprint density at radius 2 is 1.78 bits per heavy atom. The first-order valence-electron chi connectivity index (χ1n) is 7.99. The molecule has 3 rings (SSSR count). The number of rotatable bonds is 3. The fraction of sp³-hybridized carbons (Fsp3) is 0.100. The van der Waals surface area contributed by atoms with E-state index in [0.717, 1.165) is 11.6 Å². The first kappa shape index (κ1) is 18.3. The normalized spacial score (nSPS) is 10.8. The van der Waals surface area contributed by atoms with Crippen molar-refractivity contribution in [1.82, 2.24) is 15.5 Å². The zero-order chi connectivity index (χ0) is 19.3. The van der Waals surface area contributed by atoms with Gasteiger partial charge in [-0.15, -0.1) is 0 Å². The van der Waals surface area contributed by atoms with Crippen molar-refractivity contribution in [3.63, 3.8) is 0 Å². The molecule has 4 nitrogen and oxygen atoms in total. The van der Waals surface area contributed by atoms with Crippen LogP contribution < -0.4 is 5.32 Å². The molecule has 0 fully saturated rings. The Balaban J connectivity index is 1.64. The lowest BCUT2D eigenvalue weighted by Gasteiger charge is -2.08. The minimum absolute atomic E-state index is 0.0925. The maximum absolute atomic E-state index is 12.9. The Kier molecular flexibility index (Phi) is 5.27. The third-order valence-corrected chi connectivity index (χ3v) is 3.68. The van der Waals surface area contributed by atoms with E-state index in [4.69, 9.17) is 0 Å². The van der Waals surface area contributed by atoms with Crippen molar-refractivity contribution in [3.8, 4) is 23.1 Å². The van der Waals surface area contributed by atoms with E-state index in [9.17, 15) is 18.0 Å². The molecule has 0 aliphatic carbocycles. The number of hydrogen-bond acceptors (Lipinski definition) is 2. The first-order valence-corrected chi connectivity index (χ1v) is 7.99. The highest BCUT2D eigenvalue weighted by atomic mass is 19.4. The average Bonchev–Trinajstić information content (AvgIpc) is 3.16. The van der Waals surface area contributed by atoms with Gasteiger partial charge in [-0.3, -0.25) is 9.89 Å². The van der Waals surface area contributed by atoms with Crippen molar-refractivity contribution in [3.05, 3.63) is 77.5 Å². The topological polar surface area (TPSA) is 57.8 Å². The molecule has 0 spiro atoms. The van der Waals surface area contributed by atoms with E-state index in [1.807, 2.05) is 30.3 Å². The second kappa shape index (κ2) is 7.79. The first-order chi connectivity index (χ1) is 12.9. The van der Waals surface area contributed by atoms with Gasteiger partial charge in [0.1, 0.15) is 5.69 Å². The molecule has 0 bridgehead atoms. The standard InChI is InChI=1S/C20H14F3N3O/c21-20(22,23)16-11-5-4-7-14(16)10-6-12-24-19(27)18-13-17(25-26-18)15-8-2-1-3-9-15/h1-5,7-9,11,13H,12H2,(H,24,27)(H,25,26). The molecule has 2 N–H and O–H groups in total. The number of alkyl halides is 3. The Labute approximate surface area is 153 Å². The molecule has 0 saturated carbocycles. The second-order valence-corrected chi connectivity index (χ2v) is 5.56. The van der Waals surface area contributed by atoms with E-state index in [1.165, 1.54) is 18.2 Å². The third-order valence-electron chi connectivity index (χ3n) is 3.68. The van der Waals surface area contributed by atoms with Gasteiger partial charge < -0.3 is 5.32 Å². The predicted octanol–water partition coefficient (Wildman–Crippen LogP) is 3.88. The SMILES string of the molecule is O=C(NCC#Cc1ccccc1C(F)(F)F)c1cc(-c2ccccc2)n[nH]1. The van der Waals surface area contributed by atoms with Crippen molar-refractivity contribution in [2.24, 2.45) is 0 Å². The van der Waals surface area contributed by atoms with Gasteiger partial charge in [0.05, 0.1) is 17.8 Å².